The lowest BCUT2D eigenvalue weighted by Gasteiger charge is -2.18. The van der Waals surface area contributed by atoms with Gasteiger partial charge in [-0.2, -0.15) is 0 Å². The summed E-state index contributed by atoms with van der Waals surface area (Å²) >= 11 is 6.31. The highest BCUT2D eigenvalue weighted by Crippen LogP contribution is 2.42. The third-order valence-corrected chi connectivity index (χ3v) is 3.93. The van der Waals surface area contributed by atoms with Crippen molar-refractivity contribution in [2.45, 2.75) is 11.3 Å². The summed E-state index contributed by atoms with van der Waals surface area (Å²) in [7, 11) is 0. The zero-order valence-corrected chi connectivity index (χ0v) is 11.0. The first-order valence-electron chi connectivity index (χ1n) is 6.27. The van der Waals surface area contributed by atoms with Crippen LogP contribution in [0.25, 0.3) is 5.57 Å². The van der Waals surface area contributed by atoms with E-state index in [0.717, 1.165) is 16.7 Å². The first-order valence-corrected chi connectivity index (χ1v) is 6.71. The van der Waals surface area contributed by atoms with E-state index in [2.05, 4.69) is 0 Å². The number of ketones is 1. The van der Waals surface area contributed by atoms with E-state index in [9.17, 15) is 4.79 Å². The lowest BCUT2D eigenvalue weighted by Crippen LogP contribution is -2.15. The lowest BCUT2D eigenvalue weighted by molar-refractivity contribution is -0.113. The minimum absolute atomic E-state index is 0.00521. The minimum atomic E-state index is -0.502. The summed E-state index contributed by atoms with van der Waals surface area (Å²) in [5, 5.41) is -0.502. The largest absolute Gasteiger partial charge is 0.293 e. The van der Waals surface area contributed by atoms with Crippen molar-refractivity contribution in [2.24, 2.45) is 0 Å². The molecular formula is C17H13ClO. The topological polar surface area (TPSA) is 17.1 Å². The highest BCUT2D eigenvalue weighted by Gasteiger charge is 2.36. The smallest absolute Gasteiger partial charge is 0.174 e. The van der Waals surface area contributed by atoms with Gasteiger partial charge in [0.05, 0.1) is 0 Å². The summed E-state index contributed by atoms with van der Waals surface area (Å²) in [5.74, 6) is -0.0628. The third-order valence-electron chi connectivity index (χ3n) is 3.46. The molecule has 1 aliphatic rings. The number of allylic oxidation sites excluding steroid dienone is 2. The number of hydrogen-bond acceptors (Lipinski definition) is 1. The number of rotatable bonds is 2. The van der Waals surface area contributed by atoms with Gasteiger partial charge in [0.25, 0.3) is 0 Å². The molecule has 0 amide bonds. The van der Waals surface area contributed by atoms with Crippen molar-refractivity contribution in [3.05, 3.63) is 77.9 Å². The Morgan fingerprint density at radius 3 is 2.05 bits per heavy atom. The first-order chi connectivity index (χ1) is 9.27. The van der Waals surface area contributed by atoms with Gasteiger partial charge < -0.3 is 0 Å². The Labute approximate surface area is 117 Å². The van der Waals surface area contributed by atoms with E-state index in [-0.39, 0.29) is 11.7 Å². The molecule has 0 N–H and O–H groups in total. The third kappa shape index (κ3) is 2.22. The molecule has 0 saturated heterocycles. The molecule has 2 unspecified atom stereocenters. The van der Waals surface area contributed by atoms with Crippen molar-refractivity contribution < 1.29 is 4.79 Å². The summed E-state index contributed by atoms with van der Waals surface area (Å²) in [4.78, 5) is 11.9. The Kier molecular flexibility index (Phi) is 3.22. The first kappa shape index (κ1) is 12.2. The van der Waals surface area contributed by atoms with Gasteiger partial charge in [-0.3, -0.25) is 4.79 Å². The van der Waals surface area contributed by atoms with Crippen LogP contribution in [0.3, 0.4) is 0 Å². The number of hydrogen-bond donors (Lipinski definition) is 0. The molecule has 0 fully saturated rings. The zero-order valence-electron chi connectivity index (χ0n) is 10.3. The molecule has 2 atom stereocenters. The van der Waals surface area contributed by atoms with Crippen molar-refractivity contribution >= 4 is 23.0 Å². The Balaban J connectivity index is 2.07. The SMILES string of the molecule is O=C1C=C(c2ccccc2)C(c2ccccc2)C1Cl. The average Bonchev–Trinajstić information content (AvgIpc) is 2.77. The molecule has 0 aromatic heterocycles. The van der Waals surface area contributed by atoms with Gasteiger partial charge >= 0.3 is 0 Å². The highest BCUT2D eigenvalue weighted by atomic mass is 35.5. The summed E-state index contributed by atoms with van der Waals surface area (Å²) < 4.78 is 0. The van der Waals surface area contributed by atoms with Gasteiger partial charge in [-0.1, -0.05) is 60.7 Å². The fourth-order valence-electron chi connectivity index (χ4n) is 2.55. The molecule has 19 heavy (non-hydrogen) atoms. The minimum Gasteiger partial charge on any atom is -0.293 e. The fourth-order valence-corrected chi connectivity index (χ4v) is 2.89. The van der Waals surface area contributed by atoms with Crippen LogP contribution in [-0.4, -0.2) is 11.2 Å². The van der Waals surface area contributed by atoms with E-state index in [4.69, 9.17) is 11.6 Å². The number of carbonyl (C=O) groups is 1. The van der Waals surface area contributed by atoms with Gasteiger partial charge in [0.15, 0.2) is 5.78 Å². The van der Waals surface area contributed by atoms with Gasteiger partial charge in [0.1, 0.15) is 5.38 Å². The Bertz CT molecular complexity index is 616. The number of alkyl halides is 1. The van der Waals surface area contributed by atoms with Gasteiger partial charge in [-0.15, -0.1) is 11.6 Å². The second-order valence-corrected chi connectivity index (χ2v) is 5.13. The molecule has 2 aromatic carbocycles. The molecule has 0 heterocycles. The maximum atomic E-state index is 11.9. The zero-order chi connectivity index (χ0) is 13.2. The molecule has 1 nitrogen and oxygen atoms in total. The van der Waals surface area contributed by atoms with Crippen LogP contribution in [-0.2, 0) is 4.79 Å². The second kappa shape index (κ2) is 5.02. The maximum Gasteiger partial charge on any atom is 0.174 e. The van der Waals surface area contributed by atoms with Crippen molar-refractivity contribution in [3.63, 3.8) is 0 Å². The van der Waals surface area contributed by atoms with Gasteiger partial charge in [-0.05, 0) is 22.8 Å². The van der Waals surface area contributed by atoms with E-state index in [1.54, 1.807) is 6.08 Å². The van der Waals surface area contributed by atoms with E-state index < -0.39 is 5.38 Å². The normalized spacial score (nSPS) is 22.4. The molecular weight excluding hydrogens is 256 g/mol. The van der Waals surface area contributed by atoms with Crippen LogP contribution in [0.4, 0.5) is 0 Å². The highest BCUT2D eigenvalue weighted by molar-refractivity contribution is 6.37. The summed E-state index contributed by atoms with van der Waals surface area (Å²) in [6.45, 7) is 0. The van der Waals surface area contributed by atoms with E-state index in [1.165, 1.54) is 0 Å². The van der Waals surface area contributed by atoms with Gasteiger partial charge in [0.2, 0.25) is 0 Å². The van der Waals surface area contributed by atoms with E-state index >= 15 is 0 Å². The van der Waals surface area contributed by atoms with Crippen LogP contribution < -0.4 is 0 Å². The predicted molar refractivity (Wildman–Crippen MR) is 78.3 cm³/mol. The Hall–Kier alpha value is -1.86. The monoisotopic (exact) mass is 268 g/mol. The molecule has 2 aromatic rings. The summed E-state index contributed by atoms with van der Waals surface area (Å²) in [6, 6.07) is 19.9. The Morgan fingerprint density at radius 1 is 0.842 bits per heavy atom. The molecule has 0 saturated carbocycles. The fraction of sp³-hybridized carbons (Fsp3) is 0.118. The molecule has 0 aliphatic heterocycles. The molecule has 94 valence electrons. The molecule has 0 bridgehead atoms. The predicted octanol–water partition coefficient (Wildman–Crippen LogP) is 4.04. The number of benzene rings is 2. The molecule has 0 radical (unpaired) electrons. The van der Waals surface area contributed by atoms with Crippen LogP contribution in [0.2, 0.25) is 0 Å². The Morgan fingerprint density at radius 2 is 1.42 bits per heavy atom. The lowest BCUT2D eigenvalue weighted by atomic mass is 9.88. The van der Waals surface area contributed by atoms with Crippen LogP contribution in [0.5, 0.6) is 0 Å². The summed E-state index contributed by atoms with van der Waals surface area (Å²) in [5.41, 5.74) is 3.16. The molecule has 1 aliphatic carbocycles. The van der Waals surface area contributed by atoms with E-state index in [0.29, 0.717) is 0 Å². The number of carbonyl (C=O) groups excluding carboxylic acids is 1. The van der Waals surface area contributed by atoms with Crippen molar-refractivity contribution in [2.75, 3.05) is 0 Å². The van der Waals surface area contributed by atoms with Gasteiger partial charge in [0, 0.05) is 5.92 Å². The second-order valence-electron chi connectivity index (χ2n) is 4.66. The van der Waals surface area contributed by atoms with Crippen LogP contribution >= 0.6 is 11.6 Å². The van der Waals surface area contributed by atoms with Crippen molar-refractivity contribution in [1.82, 2.24) is 0 Å². The standard InChI is InChI=1S/C17H13ClO/c18-17-15(19)11-14(12-7-3-1-4-8-12)16(17)13-9-5-2-6-10-13/h1-11,16-17H. The van der Waals surface area contributed by atoms with Crippen LogP contribution in [0.1, 0.15) is 17.0 Å². The molecule has 2 heteroatoms. The quantitative estimate of drug-likeness (QED) is 0.751. The van der Waals surface area contributed by atoms with E-state index in [1.807, 2.05) is 60.7 Å². The van der Waals surface area contributed by atoms with Crippen LogP contribution in [0.15, 0.2) is 66.7 Å². The molecule has 0 spiro atoms. The number of halogens is 1. The summed E-state index contributed by atoms with van der Waals surface area (Å²) in [6.07, 6.45) is 1.69. The van der Waals surface area contributed by atoms with Crippen molar-refractivity contribution in [1.29, 1.82) is 0 Å². The molecule has 3 rings (SSSR count). The van der Waals surface area contributed by atoms with Crippen molar-refractivity contribution in [3.8, 4) is 0 Å². The van der Waals surface area contributed by atoms with Crippen LogP contribution in [0, 0.1) is 0 Å². The average molecular weight is 269 g/mol. The van der Waals surface area contributed by atoms with Gasteiger partial charge in [-0.25, -0.2) is 0 Å². The maximum absolute atomic E-state index is 11.9.